The summed E-state index contributed by atoms with van der Waals surface area (Å²) < 4.78 is 39.2. The van der Waals surface area contributed by atoms with E-state index in [0.29, 0.717) is 41.8 Å². The minimum atomic E-state index is -3.88. The first-order chi connectivity index (χ1) is 17.7. The molecule has 0 saturated heterocycles. The third kappa shape index (κ3) is 8.32. The van der Waals surface area contributed by atoms with Crippen LogP contribution in [0, 0.1) is 13.8 Å². The average Bonchev–Trinajstić information content (AvgIpc) is 2.83. The molecule has 0 aliphatic heterocycles. The molecule has 0 spiro atoms. The zero-order chi connectivity index (χ0) is 26.8. The molecule has 2 aromatic carbocycles. The molecule has 1 heterocycles. The van der Waals surface area contributed by atoms with Gasteiger partial charge in [0.05, 0.1) is 18.1 Å². The van der Waals surface area contributed by atoms with Crippen molar-refractivity contribution in [2.45, 2.75) is 45.4 Å². The van der Waals surface area contributed by atoms with Crippen molar-refractivity contribution >= 4 is 33.6 Å². The van der Waals surface area contributed by atoms with E-state index in [2.05, 4.69) is 26.9 Å². The molecule has 0 unspecified atom stereocenters. The van der Waals surface area contributed by atoms with E-state index in [1.807, 2.05) is 25.1 Å². The first-order valence-electron chi connectivity index (χ1n) is 12.0. The molecule has 37 heavy (non-hydrogen) atoms. The molecule has 10 heteroatoms. The van der Waals surface area contributed by atoms with Crippen LogP contribution in [0.15, 0.2) is 59.5 Å². The summed E-state index contributed by atoms with van der Waals surface area (Å²) >= 11 is 0. The van der Waals surface area contributed by atoms with Crippen molar-refractivity contribution in [1.82, 2.24) is 9.97 Å². The lowest BCUT2D eigenvalue weighted by Crippen LogP contribution is -2.16. The Morgan fingerprint density at radius 2 is 1.65 bits per heavy atom. The van der Waals surface area contributed by atoms with Crippen LogP contribution in [0.5, 0.6) is 11.5 Å². The van der Waals surface area contributed by atoms with E-state index >= 15 is 0 Å². The number of aryl methyl sites for hydroxylation is 2. The van der Waals surface area contributed by atoms with Crippen LogP contribution in [-0.4, -0.2) is 37.5 Å². The molecule has 2 N–H and O–H groups in total. The van der Waals surface area contributed by atoms with E-state index in [9.17, 15) is 13.2 Å². The Morgan fingerprint density at radius 1 is 0.946 bits per heavy atom. The molecule has 0 bridgehead atoms. The zero-order valence-electron chi connectivity index (χ0n) is 21.4. The Balaban J connectivity index is 1.63. The zero-order valence-corrected chi connectivity index (χ0v) is 22.3. The van der Waals surface area contributed by atoms with Gasteiger partial charge in [-0.05, 0) is 81.3 Å². The largest absolute Gasteiger partial charge is 0.490 e. The van der Waals surface area contributed by atoms with Crippen molar-refractivity contribution in [1.29, 1.82) is 0 Å². The van der Waals surface area contributed by atoms with Crippen molar-refractivity contribution in [2.75, 3.05) is 23.3 Å². The topological polar surface area (TPSA) is 120 Å². The van der Waals surface area contributed by atoms with Gasteiger partial charge in [0.25, 0.3) is 10.0 Å². The van der Waals surface area contributed by atoms with Crippen LogP contribution < -0.4 is 19.5 Å². The minimum absolute atomic E-state index is 0.00747. The van der Waals surface area contributed by atoms with Crippen LogP contribution in [0.2, 0.25) is 0 Å². The third-order valence-electron chi connectivity index (χ3n) is 5.09. The summed E-state index contributed by atoms with van der Waals surface area (Å²) in [6.07, 6.45) is 5.06. The fraction of sp³-hybridized carbons (Fsp3) is 0.296. The normalized spacial score (nSPS) is 11.4. The molecule has 0 saturated carbocycles. The molecule has 0 atom stereocenters. The van der Waals surface area contributed by atoms with E-state index in [1.54, 1.807) is 26.0 Å². The maximum atomic E-state index is 12.7. The number of aromatic nitrogens is 2. The standard InChI is InChI=1S/C27H32N4O5S/c1-5-7-16-36-24-14-8-21(18-25(24)35-6-2)9-15-26(32)30-22-10-12-23(13-11-22)37(33,34)31-27-28-19(3)17-20(4)29-27/h8-15,17-18H,5-7,16H2,1-4H3,(H,30,32)(H,28,29,31)/b15-9+. The predicted octanol–water partition coefficient (Wildman–Crippen LogP) is 5.12. The quantitative estimate of drug-likeness (QED) is 0.249. The summed E-state index contributed by atoms with van der Waals surface area (Å²) in [6.45, 7) is 8.63. The van der Waals surface area contributed by atoms with Gasteiger partial charge in [-0.25, -0.2) is 23.1 Å². The molecule has 0 aliphatic carbocycles. The number of hydrogen-bond acceptors (Lipinski definition) is 7. The second kappa shape index (κ2) is 12.9. The van der Waals surface area contributed by atoms with Gasteiger partial charge < -0.3 is 14.8 Å². The fourth-order valence-corrected chi connectivity index (χ4v) is 4.31. The molecule has 3 aromatic rings. The number of amides is 1. The average molecular weight is 525 g/mol. The van der Waals surface area contributed by atoms with Gasteiger partial charge in [0.1, 0.15) is 0 Å². The van der Waals surface area contributed by atoms with E-state index < -0.39 is 10.0 Å². The van der Waals surface area contributed by atoms with Gasteiger partial charge >= 0.3 is 0 Å². The van der Waals surface area contributed by atoms with E-state index in [-0.39, 0.29) is 16.8 Å². The Kier molecular flexibility index (Phi) is 9.62. The van der Waals surface area contributed by atoms with Crippen molar-refractivity contribution < 1.29 is 22.7 Å². The number of carbonyl (C=O) groups is 1. The lowest BCUT2D eigenvalue weighted by Gasteiger charge is -2.12. The van der Waals surface area contributed by atoms with Gasteiger partial charge in [0, 0.05) is 23.2 Å². The molecule has 1 aromatic heterocycles. The summed E-state index contributed by atoms with van der Waals surface area (Å²) in [4.78, 5) is 20.7. The SMILES string of the molecule is CCCCOc1ccc(/C=C/C(=O)Nc2ccc(S(=O)(=O)Nc3nc(C)cc(C)n3)cc2)cc1OCC. The third-order valence-corrected chi connectivity index (χ3v) is 6.43. The number of benzene rings is 2. The first kappa shape index (κ1) is 27.7. The van der Waals surface area contributed by atoms with Crippen LogP contribution in [0.4, 0.5) is 11.6 Å². The summed E-state index contributed by atoms with van der Waals surface area (Å²) in [5.74, 6) is 0.940. The lowest BCUT2D eigenvalue weighted by molar-refractivity contribution is -0.111. The number of anilines is 2. The molecule has 3 rings (SSSR count). The number of sulfonamides is 1. The van der Waals surface area contributed by atoms with E-state index in [0.717, 1.165) is 18.4 Å². The first-order valence-corrected chi connectivity index (χ1v) is 13.5. The van der Waals surface area contributed by atoms with Crippen LogP contribution in [-0.2, 0) is 14.8 Å². The number of nitrogens with zero attached hydrogens (tertiary/aromatic N) is 2. The molecule has 0 fully saturated rings. The summed E-state index contributed by atoms with van der Waals surface area (Å²) in [7, 11) is -3.88. The smallest absolute Gasteiger partial charge is 0.264 e. The molecule has 196 valence electrons. The number of nitrogens with one attached hydrogen (secondary N) is 2. The summed E-state index contributed by atoms with van der Waals surface area (Å²) in [6, 6.07) is 13.1. The number of ether oxygens (including phenoxy) is 2. The molecule has 0 radical (unpaired) electrons. The fourth-order valence-electron chi connectivity index (χ4n) is 3.37. The van der Waals surface area contributed by atoms with Gasteiger partial charge in [-0.1, -0.05) is 19.4 Å². The van der Waals surface area contributed by atoms with Gasteiger partial charge in [0.15, 0.2) is 11.5 Å². The van der Waals surface area contributed by atoms with Crippen molar-refractivity contribution in [3.63, 3.8) is 0 Å². The van der Waals surface area contributed by atoms with E-state index in [1.165, 1.54) is 30.3 Å². The van der Waals surface area contributed by atoms with Crippen LogP contribution in [0.3, 0.4) is 0 Å². The second-order valence-corrected chi connectivity index (χ2v) is 9.95. The number of hydrogen-bond donors (Lipinski definition) is 2. The highest BCUT2D eigenvalue weighted by Crippen LogP contribution is 2.29. The number of unbranched alkanes of at least 4 members (excludes halogenated alkanes) is 1. The molecule has 1 amide bonds. The van der Waals surface area contributed by atoms with Crippen LogP contribution in [0.1, 0.15) is 43.6 Å². The molecule has 0 aliphatic rings. The predicted molar refractivity (Wildman–Crippen MR) is 144 cm³/mol. The Hall–Kier alpha value is -3.92. The highest BCUT2D eigenvalue weighted by molar-refractivity contribution is 7.92. The maximum Gasteiger partial charge on any atom is 0.264 e. The minimum Gasteiger partial charge on any atom is -0.490 e. The summed E-state index contributed by atoms with van der Waals surface area (Å²) in [5, 5.41) is 2.72. The van der Waals surface area contributed by atoms with Crippen molar-refractivity contribution in [2.24, 2.45) is 0 Å². The van der Waals surface area contributed by atoms with Crippen LogP contribution >= 0.6 is 0 Å². The van der Waals surface area contributed by atoms with Gasteiger partial charge in [-0.3, -0.25) is 4.79 Å². The number of carbonyl (C=O) groups excluding carboxylic acids is 1. The molecule has 9 nitrogen and oxygen atoms in total. The number of rotatable bonds is 12. The summed E-state index contributed by atoms with van der Waals surface area (Å²) in [5.41, 5.74) is 2.54. The van der Waals surface area contributed by atoms with Gasteiger partial charge in [-0.2, -0.15) is 0 Å². The van der Waals surface area contributed by atoms with Crippen LogP contribution in [0.25, 0.3) is 6.08 Å². The van der Waals surface area contributed by atoms with E-state index in [4.69, 9.17) is 9.47 Å². The second-order valence-electron chi connectivity index (χ2n) is 8.27. The van der Waals surface area contributed by atoms with Crippen molar-refractivity contribution in [3.05, 3.63) is 71.6 Å². The Morgan fingerprint density at radius 3 is 2.30 bits per heavy atom. The Labute approximate surface area is 218 Å². The Bertz CT molecular complexity index is 1340. The lowest BCUT2D eigenvalue weighted by atomic mass is 10.2. The molecular formula is C27H32N4O5S. The highest BCUT2D eigenvalue weighted by atomic mass is 32.2. The maximum absolute atomic E-state index is 12.7. The highest BCUT2D eigenvalue weighted by Gasteiger charge is 2.16. The monoisotopic (exact) mass is 524 g/mol. The molecular weight excluding hydrogens is 492 g/mol. The van der Waals surface area contributed by atoms with Crippen molar-refractivity contribution in [3.8, 4) is 11.5 Å². The van der Waals surface area contributed by atoms with Gasteiger partial charge in [0.2, 0.25) is 11.9 Å². The van der Waals surface area contributed by atoms with Gasteiger partial charge in [-0.15, -0.1) is 0 Å².